The van der Waals surface area contributed by atoms with E-state index in [1.807, 2.05) is 51.1 Å². The minimum absolute atomic E-state index is 0.108. The first-order chi connectivity index (χ1) is 11.3. The van der Waals surface area contributed by atoms with Gasteiger partial charge in [-0.05, 0) is 45.6 Å². The van der Waals surface area contributed by atoms with Crippen molar-refractivity contribution in [3.05, 3.63) is 35.9 Å². The summed E-state index contributed by atoms with van der Waals surface area (Å²) in [6.07, 6.45) is 1.72. The van der Waals surface area contributed by atoms with E-state index in [1.54, 1.807) is 0 Å². The number of carboxylic acids is 1. The molecule has 24 heavy (non-hydrogen) atoms. The van der Waals surface area contributed by atoms with Crippen LogP contribution in [0, 0.1) is 5.92 Å². The first-order valence-corrected chi connectivity index (χ1v) is 8.34. The van der Waals surface area contributed by atoms with Crippen LogP contribution in [0.1, 0.15) is 45.6 Å². The third-order valence-corrected chi connectivity index (χ3v) is 3.42. The molecule has 0 radical (unpaired) electrons. The number of hydrogen-bond donors (Lipinski definition) is 1. The third kappa shape index (κ3) is 9.30. The number of unbranched alkanes of at least 4 members (excludes halogenated alkanes) is 1. The molecule has 0 saturated carbocycles. The van der Waals surface area contributed by atoms with E-state index in [4.69, 9.17) is 9.47 Å². The van der Waals surface area contributed by atoms with Crippen LogP contribution in [-0.4, -0.2) is 35.9 Å². The van der Waals surface area contributed by atoms with Crippen LogP contribution in [0.15, 0.2) is 30.3 Å². The fourth-order valence-corrected chi connectivity index (χ4v) is 2.17. The second kappa shape index (κ2) is 10.1. The van der Waals surface area contributed by atoms with Crippen LogP contribution in [0.5, 0.6) is 0 Å². The highest BCUT2D eigenvalue weighted by molar-refractivity contribution is 5.79. The molecule has 134 valence electrons. The Balaban J connectivity index is 2.27. The Bertz CT molecular complexity index is 504. The molecule has 0 aromatic heterocycles. The van der Waals surface area contributed by atoms with E-state index in [2.05, 4.69) is 0 Å². The van der Waals surface area contributed by atoms with E-state index in [9.17, 15) is 14.7 Å². The van der Waals surface area contributed by atoms with E-state index in [-0.39, 0.29) is 12.0 Å². The molecule has 0 unspecified atom stereocenters. The minimum atomic E-state index is -0.977. The monoisotopic (exact) mass is 336 g/mol. The molecular weight excluding hydrogens is 308 g/mol. The average Bonchev–Trinajstić information content (AvgIpc) is 2.50. The standard InChI is InChI=1S/C19H28O5/c1-19(2,3)24-12-8-7-11-23-17(20)14-16(18(21)22)13-15-9-5-4-6-10-15/h4-6,9-10,16H,7-8,11-14H2,1-3H3,(H,21,22)/t16-/m0/s1. The lowest BCUT2D eigenvalue weighted by Gasteiger charge is -2.19. The Morgan fingerprint density at radius 3 is 2.29 bits per heavy atom. The summed E-state index contributed by atoms with van der Waals surface area (Å²) in [6.45, 7) is 6.89. The van der Waals surface area contributed by atoms with Crippen molar-refractivity contribution in [3.8, 4) is 0 Å². The van der Waals surface area contributed by atoms with Gasteiger partial charge in [-0.15, -0.1) is 0 Å². The van der Waals surface area contributed by atoms with Crippen LogP contribution in [0.25, 0.3) is 0 Å². The van der Waals surface area contributed by atoms with Crippen LogP contribution in [0.4, 0.5) is 0 Å². The number of carbonyl (C=O) groups is 2. The minimum Gasteiger partial charge on any atom is -0.481 e. The first kappa shape index (κ1) is 20.2. The second-order valence-electron chi connectivity index (χ2n) is 6.82. The first-order valence-electron chi connectivity index (χ1n) is 8.34. The van der Waals surface area contributed by atoms with Crippen molar-refractivity contribution >= 4 is 11.9 Å². The van der Waals surface area contributed by atoms with Crippen molar-refractivity contribution in [2.45, 2.75) is 52.1 Å². The lowest BCUT2D eigenvalue weighted by atomic mass is 9.96. The predicted octanol–water partition coefficient (Wildman–Crippen LogP) is 3.46. The molecule has 0 bridgehead atoms. The van der Waals surface area contributed by atoms with Gasteiger partial charge in [0.2, 0.25) is 0 Å². The van der Waals surface area contributed by atoms with E-state index >= 15 is 0 Å². The van der Waals surface area contributed by atoms with Crippen molar-refractivity contribution in [2.75, 3.05) is 13.2 Å². The highest BCUT2D eigenvalue weighted by atomic mass is 16.5. The van der Waals surface area contributed by atoms with Gasteiger partial charge in [-0.2, -0.15) is 0 Å². The summed E-state index contributed by atoms with van der Waals surface area (Å²) in [5.74, 6) is -2.20. The van der Waals surface area contributed by atoms with Crippen molar-refractivity contribution in [1.29, 1.82) is 0 Å². The molecule has 0 aliphatic rings. The number of aliphatic carboxylic acids is 1. The summed E-state index contributed by atoms with van der Waals surface area (Å²) < 4.78 is 10.7. The van der Waals surface area contributed by atoms with E-state index in [0.717, 1.165) is 12.0 Å². The number of esters is 1. The van der Waals surface area contributed by atoms with Crippen LogP contribution < -0.4 is 0 Å². The van der Waals surface area contributed by atoms with Gasteiger partial charge < -0.3 is 14.6 Å². The van der Waals surface area contributed by atoms with Gasteiger partial charge in [-0.25, -0.2) is 0 Å². The molecule has 0 heterocycles. The van der Waals surface area contributed by atoms with Gasteiger partial charge >= 0.3 is 11.9 Å². The largest absolute Gasteiger partial charge is 0.481 e. The Hall–Kier alpha value is -1.88. The van der Waals surface area contributed by atoms with Gasteiger partial charge in [-0.1, -0.05) is 30.3 Å². The predicted molar refractivity (Wildman–Crippen MR) is 91.8 cm³/mol. The molecule has 1 N–H and O–H groups in total. The van der Waals surface area contributed by atoms with Crippen LogP contribution in [0.3, 0.4) is 0 Å². The van der Waals surface area contributed by atoms with Gasteiger partial charge in [0.05, 0.1) is 24.5 Å². The highest BCUT2D eigenvalue weighted by Gasteiger charge is 2.22. The molecular formula is C19H28O5. The summed E-state index contributed by atoms with van der Waals surface area (Å²) in [7, 11) is 0. The zero-order valence-electron chi connectivity index (χ0n) is 14.8. The van der Waals surface area contributed by atoms with Gasteiger partial charge in [0.1, 0.15) is 0 Å². The molecule has 1 aromatic carbocycles. The molecule has 1 aromatic rings. The SMILES string of the molecule is CC(C)(C)OCCCCOC(=O)C[C@H](Cc1ccccc1)C(=O)O. The number of carboxylic acid groups (broad SMARTS) is 1. The molecule has 5 nitrogen and oxygen atoms in total. The van der Waals surface area contributed by atoms with E-state index < -0.39 is 17.9 Å². The number of rotatable bonds is 10. The normalized spacial score (nSPS) is 12.6. The van der Waals surface area contributed by atoms with Crippen LogP contribution >= 0.6 is 0 Å². The fraction of sp³-hybridized carbons (Fsp3) is 0.579. The molecule has 0 amide bonds. The lowest BCUT2D eigenvalue weighted by Crippen LogP contribution is -2.22. The Kier molecular flexibility index (Phi) is 8.47. The number of carbonyl (C=O) groups excluding carboxylic acids is 1. The summed E-state index contributed by atoms with van der Waals surface area (Å²) in [5, 5.41) is 9.28. The molecule has 1 atom stereocenters. The van der Waals surface area contributed by atoms with Crippen LogP contribution in [0.2, 0.25) is 0 Å². The molecule has 0 aliphatic carbocycles. The Morgan fingerprint density at radius 1 is 1.08 bits per heavy atom. The summed E-state index contributed by atoms with van der Waals surface area (Å²) in [4.78, 5) is 23.1. The molecule has 0 aliphatic heterocycles. The molecule has 1 rings (SSSR count). The van der Waals surface area contributed by atoms with Crippen molar-refractivity contribution in [1.82, 2.24) is 0 Å². The number of ether oxygens (including phenoxy) is 2. The van der Waals surface area contributed by atoms with E-state index in [1.165, 1.54) is 0 Å². The maximum Gasteiger partial charge on any atom is 0.307 e. The molecule has 0 fully saturated rings. The topological polar surface area (TPSA) is 72.8 Å². The third-order valence-electron chi connectivity index (χ3n) is 3.42. The molecule has 0 spiro atoms. The summed E-state index contributed by atoms with van der Waals surface area (Å²) in [5.41, 5.74) is 0.736. The average molecular weight is 336 g/mol. The van der Waals surface area contributed by atoms with Crippen molar-refractivity contribution in [3.63, 3.8) is 0 Å². The smallest absolute Gasteiger partial charge is 0.307 e. The highest BCUT2D eigenvalue weighted by Crippen LogP contribution is 2.14. The lowest BCUT2D eigenvalue weighted by molar-refractivity contribution is -0.151. The van der Waals surface area contributed by atoms with Crippen LogP contribution in [-0.2, 0) is 25.5 Å². The van der Waals surface area contributed by atoms with Gasteiger partial charge in [-0.3, -0.25) is 9.59 Å². The second-order valence-corrected chi connectivity index (χ2v) is 6.82. The maximum absolute atomic E-state index is 11.8. The molecule has 5 heteroatoms. The summed E-state index contributed by atoms with van der Waals surface area (Å²) in [6, 6.07) is 9.29. The zero-order valence-corrected chi connectivity index (χ0v) is 14.8. The van der Waals surface area contributed by atoms with Gasteiger partial charge in [0.15, 0.2) is 0 Å². The number of hydrogen-bond acceptors (Lipinski definition) is 4. The Labute approximate surface area is 144 Å². The summed E-state index contributed by atoms with van der Waals surface area (Å²) >= 11 is 0. The Morgan fingerprint density at radius 2 is 1.71 bits per heavy atom. The van der Waals surface area contributed by atoms with E-state index in [0.29, 0.717) is 26.1 Å². The van der Waals surface area contributed by atoms with Gasteiger partial charge in [0, 0.05) is 6.61 Å². The maximum atomic E-state index is 11.8. The fourth-order valence-electron chi connectivity index (χ4n) is 2.17. The number of benzene rings is 1. The molecule has 0 saturated heterocycles. The van der Waals surface area contributed by atoms with Crippen molar-refractivity contribution in [2.24, 2.45) is 5.92 Å². The quantitative estimate of drug-likeness (QED) is 0.523. The van der Waals surface area contributed by atoms with Crippen molar-refractivity contribution < 1.29 is 24.2 Å². The zero-order chi connectivity index (χ0) is 18.0. The van der Waals surface area contributed by atoms with Gasteiger partial charge in [0.25, 0.3) is 0 Å².